The summed E-state index contributed by atoms with van der Waals surface area (Å²) in [5.74, 6) is -1.07. The normalized spacial score (nSPS) is 21.6. The van der Waals surface area contributed by atoms with E-state index < -0.39 is 28.0 Å². The van der Waals surface area contributed by atoms with Crippen LogP contribution in [0.5, 0.6) is 17.2 Å². The molecule has 2 atom stereocenters. The Kier molecular flexibility index (Phi) is 7.53. The van der Waals surface area contributed by atoms with E-state index in [0.717, 1.165) is 24.7 Å². The molecule has 3 aromatic rings. The number of esters is 3. The zero-order chi connectivity index (χ0) is 30.8. The second-order valence-electron chi connectivity index (χ2n) is 12.9. The van der Waals surface area contributed by atoms with Crippen LogP contribution in [0.15, 0.2) is 21.4 Å². The van der Waals surface area contributed by atoms with Gasteiger partial charge in [-0.25, -0.2) is 9.59 Å². The van der Waals surface area contributed by atoms with Gasteiger partial charge in [0, 0.05) is 6.42 Å². The van der Waals surface area contributed by atoms with E-state index in [9.17, 15) is 27.4 Å². The van der Waals surface area contributed by atoms with E-state index in [2.05, 4.69) is 0 Å². The standard InChI is InChI=1S/C32H36O10S/c1-15(2)21-13-20(14-22(16(3)4)30(21)43(36,37)38)39-31(34)24-25-27-29(42-32(25)35)28(26(24)41-27)40-23(33)9-8-19-11-17-6-5-7-18(10-17)12-19/h13-19H,5-12H2,1-4H3,(H,36,37,38). The molecule has 1 aromatic carbocycles. The number of ether oxygens (including phenoxy) is 3. The number of hydrogen-bond acceptors (Lipinski definition) is 9. The van der Waals surface area contributed by atoms with Crippen molar-refractivity contribution in [1.29, 1.82) is 0 Å². The Morgan fingerprint density at radius 1 is 0.977 bits per heavy atom. The average Bonchev–Trinajstić information content (AvgIpc) is 3.54. The highest BCUT2D eigenvalue weighted by Crippen LogP contribution is 2.52. The second kappa shape index (κ2) is 10.9. The van der Waals surface area contributed by atoms with E-state index in [1.54, 1.807) is 27.7 Å². The third-order valence-electron chi connectivity index (χ3n) is 9.16. The molecular formula is C32H36O10S. The van der Waals surface area contributed by atoms with Crippen molar-refractivity contribution in [2.75, 3.05) is 0 Å². The van der Waals surface area contributed by atoms with Crippen molar-refractivity contribution in [3.8, 4) is 17.2 Å². The minimum absolute atomic E-state index is 0.0160. The van der Waals surface area contributed by atoms with Crippen LogP contribution >= 0.6 is 0 Å². The number of furan rings is 2. The molecule has 43 heavy (non-hydrogen) atoms. The molecule has 0 amide bonds. The Hall–Kier alpha value is -3.44. The van der Waals surface area contributed by atoms with Crippen LogP contribution < -0.4 is 14.2 Å². The molecule has 2 aromatic heterocycles. The quantitative estimate of drug-likeness (QED) is 0.152. The molecule has 2 saturated carbocycles. The van der Waals surface area contributed by atoms with Gasteiger partial charge in [-0.05, 0) is 78.5 Å². The van der Waals surface area contributed by atoms with Gasteiger partial charge in [0.05, 0.1) is 0 Å². The highest BCUT2D eigenvalue weighted by molar-refractivity contribution is 7.86. The van der Waals surface area contributed by atoms with E-state index in [1.807, 2.05) is 0 Å². The first-order valence-electron chi connectivity index (χ1n) is 15.0. The summed E-state index contributed by atoms with van der Waals surface area (Å²) in [4.78, 5) is 38.9. The predicted octanol–water partition coefficient (Wildman–Crippen LogP) is 7.02. The van der Waals surface area contributed by atoms with E-state index >= 15 is 0 Å². The monoisotopic (exact) mass is 612 g/mol. The predicted molar refractivity (Wildman–Crippen MR) is 155 cm³/mol. The smallest absolute Gasteiger partial charge is 0.348 e. The summed E-state index contributed by atoms with van der Waals surface area (Å²) >= 11 is 0. The zero-order valence-electron chi connectivity index (χ0n) is 24.7. The molecule has 1 N–H and O–H groups in total. The Labute approximate surface area is 250 Å². The summed E-state index contributed by atoms with van der Waals surface area (Å²) in [6.07, 6.45) is 8.32. The number of rotatable bonds is 9. The largest absolute Gasteiger partial charge is 0.447 e. The van der Waals surface area contributed by atoms with Gasteiger partial charge in [0.2, 0.25) is 11.5 Å². The molecule has 11 heteroatoms. The molecule has 2 aliphatic carbocycles. The van der Waals surface area contributed by atoms with Gasteiger partial charge in [-0.2, -0.15) is 8.42 Å². The lowest BCUT2D eigenvalue weighted by Crippen LogP contribution is -2.27. The fourth-order valence-corrected chi connectivity index (χ4v) is 8.47. The van der Waals surface area contributed by atoms with Gasteiger partial charge in [-0.1, -0.05) is 47.0 Å². The maximum atomic E-state index is 13.5. The van der Waals surface area contributed by atoms with Crippen molar-refractivity contribution in [3.05, 3.63) is 34.4 Å². The van der Waals surface area contributed by atoms with E-state index in [0.29, 0.717) is 12.3 Å². The van der Waals surface area contributed by atoms with E-state index in [4.69, 9.17) is 18.6 Å². The highest BCUT2D eigenvalue weighted by atomic mass is 32.2. The van der Waals surface area contributed by atoms with Crippen LogP contribution in [0.3, 0.4) is 0 Å². The van der Waals surface area contributed by atoms with Crippen LogP contribution in [0.25, 0.3) is 11.2 Å². The SMILES string of the molecule is CC(C)c1cc(OC(=O)c2c3c4oc2c(OC(=O)CCC2CC5CCCC(C5)C2)c4OC3=O)cc(C(C)C)c1S(=O)(=O)O. The molecule has 0 spiro atoms. The van der Waals surface area contributed by atoms with Gasteiger partial charge < -0.3 is 18.6 Å². The van der Waals surface area contributed by atoms with Gasteiger partial charge in [0.25, 0.3) is 10.1 Å². The summed E-state index contributed by atoms with van der Waals surface area (Å²) < 4.78 is 56.8. The summed E-state index contributed by atoms with van der Waals surface area (Å²) in [5, 5.41) is 0. The molecule has 2 fully saturated rings. The molecule has 0 saturated heterocycles. The van der Waals surface area contributed by atoms with Crippen LogP contribution in [-0.2, 0) is 14.9 Å². The first kappa shape index (κ1) is 29.6. The Balaban J connectivity index is 1.24. The summed E-state index contributed by atoms with van der Waals surface area (Å²) in [7, 11) is -4.56. The Morgan fingerprint density at radius 2 is 1.60 bits per heavy atom. The van der Waals surface area contributed by atoms with Gasteiger partial charge in [0.15, 0.2) is 11.2 Å². The molecule has 230 valence electrons. The second-order valence-corrected chi connectivity index (χ2v) is 14.3. The van der Waals surface area contributed by atoms with Crippen molar-refractivity contribution in [2.45, 2.75) is 95.8 Å². The third-order valence-corrected chi connectivity index (χ3v) is 10.1. The van der Waals surface area contributed by atoms with Gasteiger partial charge in [-0.15, -0.1) is 0 Å². The van der Waals surface area contributed by atoms with E-state index in [-0.39, 0.29) is 73.8 Å². The summed E-state index contributed by atoms with van der Waals surface area (Å²) in [6, 6.07) is 2.76. The molecule has 4 bridgehead atoms. The first-order valence-corrected chi connectivity index (χ1v) is 16.5. The van der Waals surface area contributed by atoms with Gasteiger partial charge in [0.1, 0.15) is 21.8 Å². The molecule has 3 aliphatic rings. The summed E-state index contributed by atoms with van der Waals surface area (Å²) in [5.41, 5.74) is 0.131. The van der Waals surface area contributed by atoms with Crippen molar-refractivity contribution in [1.82, 2.24) is 0 Å². The molecule has 6 rings (SSSR count). The van der Waals surface area contributed by atoms with Crippen molar-refractivity contribution >= 4 is 39.2 Å². The lowest BCUT2D eigenvalue weighted by Gasteiger charge is -2.39. The minimum atomic E-state index is -4.56. The Morgan fingerprint density at radius 3 is 2.19 bits per heavy atom. The maximum absolute atomic E-state index is 13.5. The maximum Gasteiger partial charge on any atom is 0.348 e. The highest BCUT2D eigenvalue weighted by Gasteiger charge is 2.44. The molecular weight excluding hydrogens is 576 g/mol. The number of fused-ring (bicyclic) bond motifs is 3. The van der Waals surface area contributed by atoms with Crippen LogP contribution in [0, 0.1) is 17.8 Å². The summed E-state index contributed by atoms with van der Waals surface area (Å²) in [6.45, 7) is 7.01. The number of hydrogen-bond donors (Lipinski definition) is 1. The number of carbonyl (C=O) groups is 3. The van der Waals surface area contributed by atoms with Crippen LogP contribution in [0.2, 0.25) is 0 Å². The molecule has 10 nitrogen and oxygen atoms in total. The number of carbonyl (C=O) groups excluding carboxylic acids is 3. The van der Waals surface area contributed by atoms with Crippen molar-refractivity contribution in [2.24, 2.45) is 17.8 Å². The fourth-order valence-electron chi connectivity index (χ4n) is 7.29. The first-order chi connectivity index (χ1) is 20.3. The van der Waals surface area contributed by atoms with Crippen LogP contribution in [0.1, 0.15) is 123 Å². The molecule has 3 heterocycles. The van der Waals surface area contributed by atoms with E-state index in [1.165, 1.54) is 37.8 Å². The van der Waals surface area contributed by atoms with Crippen molar-refractivity contribution < 1.29 is 46.0 Å². The van der Waals surface area contributed by atoms with Crippen molar-refractivity contribution in [3.63, 3.8) is 0 Å². The van der Waals surface area contributed by atoms with Crippen LogP contribution in [-0.4, -0.2) is 30.9 Å². The topological polar surface area (TPSA) is 146 Å². The number of benzene rings is 2. The lowest BCUT2D eigenvalue weighted by atomic mass is 9.67. The third kappa shape index (κ3) is 5.42. The average molecular weight is 613 g/mol. The molecule has 0 radical (unpaired) electrons. The molecule has 1 aliphatic heterocycles. The van der Waals surface area contributed by atoms with Gasteiger partial charge in [-0.3, -0.25) is 9.35 Å². The van der Waals surface area contributed by atoms with Gasteiger partial charge >= 0.3 is 17.9 Å². The Bertz CT molecular complexity index is 1670. The fraction of sp³-hybridized carbons (Fsp3) is 0.531. The zero-order valence-corrected chi connectivity index (χ0v) is 25.5. The minimum Gasteiger partial charge on any atom is -0.447 e. The van der Waals surface area contributed by atoms with Crippen LogP contribution in [0.4, 0.5) is 0 Å². The molecule has 2 unspecified atom stereocenters. The lowest BCUT2D eigenvalue weighted by molar-refractivity contribution is -0.134.